The highest BCUT2D eigenvalue weighted by Crippen LogP contribution is 2.25. The van der Waals surface area contributed by atoms with Gasteiger partial charge in [-0.3, -0.25) is 0 Å². The number of sulfone groups is 1. The number of hydrogen-bond acceptors (Lipinski definition) is 4. The summed E-state index contributed by atoms with van der Waals surface area (Å²) in [5.74, 6) is 0.423. The highest BCUT2D eigenvalue weighted by atomic mass is 32.2. The Balaban J connectivity index is 2.11. The minimum absolute atomic E-state index is 0.0556. The van der Waals surface area contributed by atoms with Crippen LogP contribution in [0.5, 0.6) is 5.75 Å². The zero-order valence-corrected chi connectivity index (χ0v) is 13.2. The molecule has 6 heteroatoms. The maximum atomic E-state index is 13.7. The molecule has 0 aliphatic carbocycles. The predicted octanol–water partition coefficient (Wildman–Crippen LogP) is 1.79. The van der Waals surface area contributed by atoms with E-state index in [1.165, 1.54) is 13.2 Å². The molecule has 21 heavy (non-hydrogen) atoms. The summed E-state index contributed by atoms with van der Waals surface area (Å²) in [7, 11) is -1.47. The Hall–Kier alpha value is -1.14. The van der Waals surface area contributed by atoms with E-state index in [1.807, 2.05) is 13.0 Å². The molecule has 1 aliphatic heterocycles. The van der Waals surface area contributed by atoms with Gasteiger partial charge in [-0.2, -0.15) is 0 Å². The average Bonchev–Trinajstić information content (AvgIpc) is 2.79. The Morgan fingerprint density at radius 1 is 1.48 bits per heavy atom. The summed E-state index contributed by atoms with van der Waals surface area (Å²) in [6.45, 7) is 2.75. The summed E-state index contributed by atoms with van der Waals surface area (Å²) in [6, 6.07) is 4.96. The summed E-state index contributed by atoms with van der Waals surface area (Å²) in [5.41, 5.74) is 0.851. The second-order valence-corrected chi connectivity index (χ2v) is 7.73. The lowest BCUT2D eigenvalue weighted by molar-refractivity contribution is 0.379. The summed E-state index contributed by atoms with van der Waals surface area (Å²) < 4.78 is 41.9. The summed E-state index contributed by atoms with van der Waals surface area (Å²) in [6.07, 6.45) is 1.30. The molecule has 0 radical (unpaired) electrons. The molecular weight excluding hydrogens is 293 g/mol. The van der Waals surface area contributed by atoms with E-state index in [9.17, 15) is 12.8 Å². The molecule has 2 atom stereocenters. The second-order valence-electron chi connectivity index (χ2n) is 5.50. The van der Waals surface area contributed by atoms with Gasteiger partial charge in [-0.15, -0.1) is 0 Å². The van der Waals surface area contributed by atoms with Crippen LogP contribution < -0.4 is 10.1 Å². The topological polar surface area (TPSA) is 55.4 Å². The van der Waals surface area contributed by atoms with E-state index in [1.54, 1.807) is 6.07 Å². The number of ether oxygens (including phenoxy) is 1. The molecule has 1 aromatic carbocycles. The van der Waals surface area contributed by atoms with Crippen molar-refractivity contribution in [1.82, 2.24) is 5.32 Å². The zero-order valence-electron chi connectivity index (χ0n) is 12.4. The molecule has 1 N–H and O–H groups in total. The van der Waals surface area contributed by atoms with Crippen molar-refractivity contribution in [3.8, 4) is 5.75 Å². The van der Waals surface area contributed by atoms with Gasteiger partial charge in [0.1, 0.15) is 0 Å². The third-order valence-electron chi connectivity index (χ3n) is 3.97. The molecule has 0 aromatic heterocycles. The van der Waals surface area contributed by atoms with Gasteiger partial charge in [-0.05, 0) is 43.0 Å². The Bertz CT molecular complexity index is 589. The minimum Gasteiger partial charge on any atom is -0.494 e. The molecule has 4 nitrogen and oxygen atoms in total. The van der Waals surface area contributed by atoms with E-state index < -0.39 is 9.84 Å². The van der Waals surface area contributed by atoms with Gasteiger partial charge in [0, 0.05) is 6.04 Å². The summed E-state index contributed by atoms with van der Waals surface area (Å²) >= 11 is 0. The standard InChI is InChI=1S/C15H22FNO3S/c1-3-17-14(12-6-7-21(18,19)10-12)9-11-4-5-15(20-2)13(16)8-11/h4-5,8,12,14,17H,3,6-7,9-10H2,1-2H3. The molecule has 1 fully saturated rings. The lowest BCUT2D eigenvalue weighted by Crippen LogP contribution is -2.38. The quantitative estimate of drug-likeness (QED) is 0.869. The molecular formula is C15H22FNO3S. The van der Waals surface area contributed by atoms with Crippen molar-refractivity contribution in [2.24, 2.45) is 5.92 Å². The van der Waals surface area contributed by atoms with Crippen LogP contribution in [0.2, 0.25) is 0 Å². The molecule has 1 heterocycles. The molecule has 1 saturated heterocycles. The van der Waals surface area contributed by atoms with Crippen LogP contribution in [0.1, 0.15) is 18.9 Å². The van der Waals surface area contributed by atoms with Gasteiger partial charge < -0.3 is 10.1 Å². The van der Waals surface area contributed by atoms with Crippen molar-refractivity contribution >= 4 is 9.84 Å². The van der Waals surface area contributed by atoms with Gasteiger partial charge in [-0.25, -0.2) is 12.8 Å². The number of hydrogen-bond donors (Lipinski definition) is 1. The van der Waals surface area contributed by atoms with Crippen molar-refractivity contribution in [2.45, 2.75) is 25.8 Å². The number of rotatable bonds is 6. The first-order chi connectivity index (χ1) is 9.95. The van der Waals surface area contributed by atoms with Gasteiger partial charge >= 0.3 is 0 Å². The molecule has 2 unspecified atom stereocenters. The van der Waals surface area contributed by atoms with Crippen molar-refractivity contribution in [2.75, 3.05) is 25.2 Å². The Morgan fingerprint density at radius 3 is 2.76 bits per heavy atom. The van der Waals surface area contributed by atoms with Crippen molar-refractivity contribution < 1.29 is 17.5 Å². The molecule has 0 saturated carbocycles. The maximum absolute atomic E-state index is 13.7. The van der Waals surface area contributed by atoms with Gasteiger partial charge in [-0.1, -0.05) is 13.0 Å². The third-order valence-corrected chi connectivity index (χ3v) is 5.77. The van der Waals surface area contributed by atoms with Gasteiger partial charge in [0.25, 0.3) is 0 Å². The Labute approximate surface area is 125 Å². The second kappa shape index (κ2) is 6.75. The molecule has 0 bridgehead atoms. The molecule has 0 amide bonds. The van der Waals surface area contributed by atoms with Gasteiger partial charge in [0.2, 0.25) is 0 Å². The molecule has 118 valence electrons. The highest BCUT2D eigenvalue weighted by Gasteiger charge is 2.33. The van der Waals surface area contributed by atoms with E-state index >= 15 is 0 Å². The van der Waals surface area contributed by atoms with Crippen LogP contribution in [-0.4, -0.2) is 39.6 Å². The van der Waals surface area contributed by atoms with Crippen LogP contribution in [-0.2, 0) is 16.3 Å². The fourth-order valence-corrected chi connectivity index (χ4v) is 4.78. The smallest absolute Gasteiger partial charge is 0.165 e. The lowest BCUT2D eigenvalue weighted by atomic mass is 9.93. The number of halogens is 1. The van der Waals surface area contributed by atoms with E-state index in [-0.39, 0.29) is 35.0 Å². The SMILES string of the molecule is CCNC(Cc1ccc(OC)c(F)c1)C1CCS(=O)(=O)C1. The average molecular weight is 315 g/mol. The molecule has 2 rings (SSSR count). The first-order valence-corrected chi connectivity index (χ1v) is 9.03. The van der Waals surface area contributed by atoms with Gasteiger partial charge in [0.05, 0.1) is 18.6 Å². The Kier molecular flexibility index (Phi) is 5.22. The first kappa shape index (κ1) is 16.2. The maximum Gasteiger partial charge on any atom is 0.165 e. The van der Waals surface area contributed by atoms with Crippen LogP contribution in [0.15, 0.2) is 18.2 Å². The van der Waals surface area contributed by atoms with Gasteiger partial charge in [0.15, 0.2) is 21.4 Å². The van der Waals surface area contributed by atoms with E-state index in [2.05, 4.69) is 5.32 Å². The largest absolute Gasteiger partial charge is 0.494 e. The van der Waals surface area contributed by atoms with Crippen molar-refractivity contribution in [3.05, 3.63) is 29.6 Å². The number of benzene rings is 1. The molecule has 1 aliphatic rings. The number of nitrogens with one attached hydrogen (secondary N) is 1. The van der Waals surface area contributed by atoms with Crippen molar-refractivity contribution in [1.29, 1.82) is 0 Å². The fraction of sp³-hybridized carbons (Fsp3) is 0.600. The highest BCUT2D eigenvalue weighted by molar-refractivity contribution is 7.91. The zero-order chi connectivity index (χ0) is 15.5. The first-order valence-electron chi connectivity index (χ1n) is 7.21. The van der Waals surface area contributed by atoms with Crippen LogP contribution in [0.25, 0.3) is 0 Å². The van der Waals surface area contributed by atoms with E-state index in [0.29, 0.717) is 12.8 Å². The van der Waals surface area contributed by atoms with Crippen LogP contribution in [0.3, 0.4) is 0 Å². The van der Waals surface area contributed by atoms with E-state index in [0.717, 1.165) is 12.1 Å². The van der Waals surface area contributed by atoms with Crippen LogP contribution in [0.4, 0.5) is 4.39 Å². The lowest BCUT2D eigenvalue weighted by Gasteiger charge is -2.23. The number of likely N-dealkylation sites (N-methyl/N-ethyl adjacent to an activating group) is 1. The monoisotopic (exact) mass is 315 g/mol. The Morgan fingerprint density at radius 2 is 2.24 bits per heavy atom. The number of methoxy groups -OCH3 is 1. The van der Waals surface area contributed by atoms with Crippen LogP contribution in [0, 0.1) is 11.7 Å². The predicted molar refractivity (Wildman–Crippen MR) is 80.9 cm³/mol. The van der Waals surface area contributed by atoms with Crippen LogP contribution >= 0.6 is 0 Å². The molecule has 0 spiro atoms. The van der Waals surface area contributed by atoms with Crippen molar-refractivity contribution in [3.63, 3.8) is 0 Å². The van der Waals surface area contributed by atoms with E-state index in [4.69, 9.17) is 4.74 Å². The summed E-state index contributed by atoms with van der Waals surface area (Å²) in [5, 5.41) is 3.34. The minimum atomic E-state index is -2.90. The summed E-state index contributed by atoms with van der Waals surface area (Å²) in [4.78, 5) is 0. The fourth-order valence-electron chi connectivity index (χ4n) is 2.90. The molecule has 1 aromatic rings. The normalized spacial score (nSPS) is 22.1. The third kappa shape index (κ3) is 4.17.